The highest BCUT2D eigenvalue weighted by atomic mass is 32.1. The molecule has 0 aliphatic carbocycles. The van der Waals surface area contributed by atoms with Crippen LogP contribution in [-0.2, 0) is 17.6 Å². The van der Waals surface area contributed by atoms with Crippen LogP contribution in [0.4, 0.5) is 0 Å². The molecule has 1 heterocycles. The van der Waals surface area contributed by atoms with Gasteiger partial charge in [0.15, 0.2) is 0 Å². The second-order valence-corrected chi connectivity index (χ2v) is 5.60. The predicted octanol–water partition coefficient (Wildman–Crippen LogP) is 3.18. The first kappa shape index (κ1) is 16.3. The lowest BCUT2D eigenvalue weighted by atomic mass is 10.3. The number of benzene rings is 1. The second-order valence-electron chi connectivity index (χ2n) is 4.66. The quantitative estimate of drug-likeness (QED) is 0.718. The van der Waals surface area contributed by atoms with E-state index in [-0.39, 0.29) is 6.42 Å². The van der Waals surface area contributed by atoms with E-state index >= 15 is 0 Å². The van der Waals surface area contributed by atoms with E-state index < -0.39 is 5.97 Å². The van der Waals surface area contributed by atoms with E-state index in [9.17, 15) is 4.79 Å². The number of hydrogen-bond acceptors (Lipinski definition) is 5. The van der Waals surface area contributed by atoms with Gasteiger partial charge in [0.05, 0.1) is 30.3 Å². The fraction of sp³-hybridized carbons (Fsp3) is 0.375. The molecule has 6 heteroatoms. The molecule has 1 aromatic heterocycles. The van der Waals surface area contributed by atoms with Crippen molar-refractivity contribution >= 4 is 17.3 Å². The lowest BCUT2D eigenvalue weighted by molar-refractivity contribution is -0.136. The van der Waals surface area contributed by atoms with E-state index in [1.54, 1.807) is 5.38 Å². The Kier molecular flexibility index (Phi) is 6.21. The molecule has 0 spiro atoms. The number of nitrogens with zero attached hydrogens (tertiary/aromatic N) is 1. The van der Waals surface area contributed by atoms with Crippen LogP contribution in [0, 0.1) is 0 Å². The molecule has 0 saturated carbocycles. The van der Waals surface area contributed by atoms with Crippen LogP contribution in [-0.4, -0.2) is 29.3 Å². The summed E-state index contributed by atoms with van der Waals surface area (Å²) in [5.41, 5.74) is 0.625. The van der Waals surface area contributed by atoms with Gasteiger partial charge in [0.25, 0.3) is 0 Å². The van der Waals surface area contributed by atoms with Gasteiger partial charge in [-0.3, -0.25) is 4.79 Å². The summed E-state index contributed by atoms with van der Waals surface area (Å²) in [7, 11) is 0. The highest BCUT2D eigenvalue weighted by molar-refractivity contribution is 7.09. The van der Waals surface area contributed by atoms with Crippen molar-refractivity contribution in [3.8, 4) is 11.5 Å². The minimum Gasteiger partial charge on any atom is -0.494 e. The van der Waals surface area contributed by atoms with Gasteiger partial charge in [0.1, 0.15) is 11.5 Å². The topological polar surface area (TPSA) is 68.7 Å². The van der Waals surface area contributed by atoms with Gasteiger partial charge in [-0.05, 0) is 37.6 Å². The molecule has 0 radical (unpaired) electrons. The van der Waals surface area contributed by atoms with E-state index in [1.807, 2.05) is 31.2 Å². The molecule has 0 aliphatic rings. The maximum absolute atomic E-state index is 10.6. The molecule has 1 aromatic carbocycles. The van der Waals surface area contributed by atoms with Gasteiger partial charge in [-0.25, -0.2) is 4.98 Å². The van der Waals surface area contributed by atoms with Gasteiger partial charge >= 0.3 is 5.97 Å². The number of carboxylic acids is 1. The van der Waals surface area contributed by atoms with E-state index in [1.165, 1.54) is 11.3 Å². The van der Waals surface area contributed by atoms with Crippen molar-refractivity contribution < 1.29 is 19.4 Å². The Labute approximate surface area is 133 Å². The Morgan fingerprint density at radius 2 is 1.91 bits per heavy atom. The maximum atomic E-state index is 10.6. The number of aliphatic carboxylic acids is 1. The molecule has 0 atom stereocenters. The van der Waals surface area contributed by atoms with Gasteiger partial charge in [0.2, 0.25) is 0 Å². The van der Waals surface area contributed by atoms with Crippen LogP contribution in [0.2, 0.25) is 0 Å². The molecule has 0 bridgehead atoms. The smallest absolute Gasteiger partial charge is 0.309 e. The number of rotatable bonds is 9. The third-order valence-electron chi connectivity index (χ3n) is 2.87. The highest BCUT2D eigenvalue weighted by Gasteiger charge is 2.06. The predicted molar refractivity (Wildman–Crippen MR) is 84.9 cm³/mol. The van der Waals surface area contributed by atoms with E-state index in [0.717, 1.165) is 29.3 Å². The van der Waals surface area contributed by atoms with Crippen LogP contribution in [0.5, 0.6) is 11.5 Å². The van der Waals surface area contributed by atoms with Crippen molar-refractivity contribution in [2.45, 2.75) is 26.2 Å². The fourth-order valence-corrected chi connectivity index (χ4v) is 2.75. The molecule has 0 amide bonds. The Balaban J connectivity index is 1.70. The van der Waals surface area contributed by atoms with E-state index in [2.05, 4.69) is 4.98 Å². The molecule has 0 saturated heterocycles. The minimum absolute atomic E-state index is 0.0147. The van der Waals surface area contributed by atoms with Gasteiger partial charge in [-0.2, -0.15) is 0 Å². The average Bonchev–Trinajstić information content (AvgIpc) is 2.92. The Morgan fingerprint density at radius 3 is 2.55 bits per heavy atom. The summed E-state index contributed by atoms with van der Waals surface area (Å²) in [6.07, 6.45) is 1.62. The maximum Gasteiger partial charge on any atom is 0.309 e. The van der Waals surface area contributed by atoms with E-state index in [0.29, 0.717) is 18.9 Å². The number of aromatic nitrogens is 1. The van der Waals surface area contributed by atoms with Crippen molar-refractivity contribution in [3.63, 3.8) is 0 Å². The van der Waals surface area contributed by atoms with Crippen molar-refractivity contribution in [1.82, 2.24) is 4.98 Å². The van der Waals surface area contributed by atoms with Crippen LogP contribution in [0.15, 0.2) is 29.6 Å². The van der Waals surface area contributed by atoms with E-state index in [4.69, 9.17) is 14.6 Å². The molecular formula is C16H19NO4S. The second kappa shape index (κ2) is 8.38. The first-order valence-electron chi connectivity index (χ1n) is 7.18. The molecule has 2 rings (SSSR count). The normalized spacial score (nSPS) is 10.4. The molecule has 118 valence electrons. The lowest BCUT2D eigenvalue weighted by Crippen LogP contribution is -2.01. The zero-order valence-electron chi connectivity index (χ0n) is 12.4. The lowest BCUT2D eigenvalue weighted by Gasteiger charge is -2.07. The van der Waals surface area contributed by atoms with Crippen LogP contribution < -0.4 is 9.47 Å². The third-order valence-corrected chi connectivity index (χ3v) is 3.83. The van der Waals surface area contributed by atoms with Crippen LogP contribution >= 0.6 is 11.3 Å². The molecule has 0 unspecified atom stereocenters. The standard InChI is InChI=1S/C16H19NO4S/c1-2-20-13-5-7-14(8-6-13)21-9-3-4-15-17-12(11-22-15)10-16(18)19/h5-8,11H,2-4,9-10H2,1H3,(H,18,19). The summed E-state index contributed by atoms with van der Waals surface area (Å²) in [5.74, 6) is 0.799. The summed E-state index contributed by atoms with van der Waals surface area (Å²) in [6.45, 7) is 3.20. The molecule has 5 nitrogen and oxygen atoms in total. The number of carbonyl (C=O) groups is 1. The van der Waals surface area contributed by atoms with Crippen LogP contribution in [0.1, 0.15) is 24.0 Å². The van der Waals surface area contributed by atoms with Crippen LogP contribution in [0.25, 0.3) is 0 Å². The summed E-state index contributed by atoms with van der Waals surface area (Å²) < 4.78 is 11.0. The highest BCUT2D eigenvalue weighted by Crippen LogP contribution is 2.18. The molecule has 0 fully saturated rings. The first-order chi connectivity index (χ1) is 10.7. The Bertz CT molecular complexity index is 594. The average molecular weight is 321 g/mol. The summed E-state index contributed by atoms with van der Waals surface area (Å²) in [5, 5.41) is 11.5. The molecule has 0 aliphatic heterocycles. The van der Waals surface area contributed by atoms with Gasteiger partial charge in [0, 0.05) is 11.8 Å². The summed E-state index contributed by atoms with van der Waals surface area (Å²) >= 11 is 1.50. The Morgan fingerprint density at radius 1 is 1.23 bits per heavy atom. The largest absolute Gasteiger partial charge is 0.494 e. The number of hydrogen-bond donors (Lipinski definition) is 1. The Hall–Kier alpha value is -2.08. The number of thiazole rings is 1. The zero-order valence-corrected chi connectivity index (χ0v) is 13.3. The minimum atomic E-state index is -0.851. The summed E-state index contributed by atoms with van der Waals surface area (Å²) in [4.78, 5) is 14.9. The van der Waals surface area contributed by atoms with Crippen molar-refractivity contribution in [2.75, 3.05) is 13.2 Å². The fourth-order valence-electron chi connectivity index (χ4n) is 1.91. The monoisotopic (exact) mass is 321 g/mol. The molecule has 22 heavy (non-hydrogen) atoms. The molecular weight excluding hydrogens is 302 g/mol. The van der Waals surface area contributed by atoms with Crippen molar-refractivity contribution in [3.05, 3.63) is 40.3 Å². The van der Waals surface area contributed by atoms with Gasteiger partial charge in [-0.15, -0.1) is 11.3 Å². The van der Waals surface area contributed by atoms with Crippen LogP contribution in [0.3, 0.4) is 0 Å². The third kappa shape index (κ3) is 5.37. The van der Waals surface area contributed by atoms with Crippen molar-refractivity contribution in [1.29, 1.82) is 0 Å². The SMILES string of the molecule is CCOc1ccc(OCCCc2nc(CC(=O)O)cs2)cc1. The molecule has 1 N–H and O–H groups in total. The van der Waals surface area contributed by atoms with Crippen molar-refractivity contribution in [2.24, 2.45) is 0 Å². The summed E-state index contributed by atoms with van der Waals surface area (Å²) in [6, 6.07) is 7.55. The molecule has 2 aromatic rings. The van der Waals surface area contributed by atoms with Gasteiger partial charge in [-0.1, -0.05) is 0 Å². The zero-order chi connectivity index (χ0) is 15.8. The first-order valence-corrected chi connectivity index (χ1v) is 8.06. The van der Waals surface area contributed by atoms with Gasteiger partial charge < -0.3 is 14.6 Å². The number of aryl methyl sites for hydroxylation is 1. The number of ether oxygens (including phenoxy) is 2. The number of carboxylic acid groups (broad SMARTS) is 1.